The van der Waals surface area contributed by atoms with Gasteiger partial charge in [0.05, 0.1) is 6.54 Å². The van der Waals surface area contributed by atoms with Crippen LogP contribution < -0.4 is 0 Å². The molecule has 0 radical (unpaired) electrons. The predicted octanol–water partition coefficient (Wildman–Crippen LogP) is 3.35. The monoisotopic (exact) mass is 285 g/mol. The van der Waals surface area contributed by atoms with Crippen molar-refractivity contribution in [2.45, 2.75) is 13.3 Å². The molecule has 0 aromatic heterocycles. The zero-order valence-electron chi connectivity index (χ0n) is 8.40. The van der Waals surface area contributed by atoms with Crippen molar-refractivity contribution in [1.29, 1.82) is 0 Å². The lowest BCUT2D eigenvalue weighted by Crippen LogP contribution is -1.97. The van der Waals surface area contributed by atoms with Gasteiger partial charge in [-0.2, -0.15) is 0 Å². The van der Waals surface area contributed by atoms with Crippen molar-refractivity contribution >= 4 is 39.2 Å². The highest BCUT2D eigenvalue weighted by atomic mass is 79.9. The summed E-state index contributed by atoms with van der Waals surface area (Å²) in [5.74, 6) is 0.226. The maximum atomic E-state index is 9.51. The smallest absolute Gasteiger partial charge is 0.124 e. The summed E-state index contributed by atoms with van der Waals surface area (Å²) in [5, 5.41) is 9.51. The molecule has 1 aromatic carbocycles. The van der Waals surface area contributed by atoms with Crippen LogP contribution in [0.2, 0.25) is 0 Å². The van der Waals surface area contributed by atoms with E-state index in [1.54, 1.807) is 18.3 Å². The number of aromatic hydroxyl groups is 1. The third-order valence-corrected chi connectivity index (χ3v) is 2.79. The first-order valence-corrected chi connectivity index (χ1v) is 5.83. The number of nitrogens with zero attached hydrogens (tertiary/aromatic N) is 1. The summed E-state index contributed by atoms with van der Waals surface area (Å²) in [5.41, 5.74) is 0.697. The molecule has 0 aliphatic carbocycles. The van der Waals surface area contributed by atoms with E-state index in [1.165, 1.54) is 0 Å². The first kappa shape index (κ1) is 12.3. The van der Waals surface area contributed by atoms with Gasteiger partial charge < -0.3 is 5.11 Å². The molecule has 80 valence electrons. The van der Waals surface area contributed by atoms with E-state index in [0.717, 1.165) is 15.8 Å². The molecule has 15 heavy (non-hydrogen) atoms. The summed E-state index contributed by atoms with van der Waals surface area (Å²) in [4.78, 5) is 5.08. The van der Waals surface area contributed by atoms with Gasteiger partial charge in [0.1, 0.15) is 5.75 Å². The van der Waals surface area contributed by atoms with Crippen LogP contribution in [-0.2, 0) is 0 Å². The van der Waals surface area contributed by atoms with Crippen molar-refractivity contribution in [2.75, 3.05) is 6.54 Å². The minimum Gasteiger partial charge on any atom is -0.507 e. The summed E-state index contributed by atoms with van der Waals surface area (Å²) in [6, 6.07) is 5.22. The summed E-state index contributed by atoms with van der Waals surface area (Å²) >= 11 is 8.38. The Labute approximate surface area is 103 Å². The van der Waals surface area contributed by atoms with Crippen LogP contribution in [0.4, 0.5) is 0 Å². The number of hydrogen-bond donors (Lipinski definition) is 1. The van der Waals surface area contributed by atoms with Gasteiger partial charge in [-0.25, -0.2) is 0 Å². The van der Waals surface area contributed by atoms with Gasteiger partial charge in [-0.15, -0.1) is 0 Å². The topological polar surface area (TPSA) is 32.6 Å². The lowest BCUT2D eigenvalue weighted by Gasteiger charge is -1.99. The maximum absolute atomic E-state index is 9.51. The standard InChI is InChI=1S/C11H12BrNOS/c1-2-10(15)7-13-6-8-5-9(12)3-4-11(8)14/h3-6,14H,2,7H2,1H3. The molecular weight excluding hydrogens is 274 g/mol. The van der Waals surface area contributed by atoms with Crippen molar-refractivity contribution in [3.8, 4) is 5.75 Å². The molecule has 1 rings (SSSR count). The van der Waals surface area contributed by atoms with Crippen LogP contribution in [0.15, 0.2) is 27.7 Å². The van der Waals surface area contributed by atoms with Gasteiger partial charge in [0, 0.05) is 21.1 Å². The summed E-state index contributed by atoms with van der Waals surface area (Å²) in [7, 11) is 0. The van der Waals surface area contributed by atoms with Crippen LogP contribution in [0.1, 0.15) is 18.9 Å². The van der Waals surface area contributed by atoms with Crippen LogP contribution >= 0.6 is 28.1 Å². The van der Waals surface area contributed by atoms with Gasteiger partial charge >= 0.3 is 0 Å². The Hall–Kier alpha value is -0.740. The second-order valence-corrected chi connectivity index (χ2v) is 4.56. The lowest BCUT2D eigenvalue weighted by molar-refractivity contribution is 0.474. The number of aliphatic imine (C=N–C) groups is 1. The Bertz CT molecular complexity index is 390. The number of phenolic OH excluding ortho intramolecular Hbond substituents is 1. The van der Waals surface area contributed by atoms with Crippen molar-refractivity contribution in [2.24, 2.45) is 4.99 Å². The molecule has 0 atom stereocenters. The van der Waals surface area contributed by atoms with E-state index in [-0.39, 0.29) is 5.75 Å². The van der Waals surface area contributed by atoms with Crippen LogP contribution in [0, 0.1) is 0 Å². The van der Waals surface area contributed by atoms with E-state index in [2.05, 4.69) is 20.9 Å². The van der Waals surface area contributed by atoms with Gasteiger partial charge in [-0.05, 0) is 24.6 Å². The number of rotatable bonds is 4. The van der Waals surface area contributed by atoms with E-state index in [4.69, 9.17) is 12.2 Å². The first-order chi connectivity index (χ1) is 7.13. The normalized spacial score (nSPS) is 10.8. The zero-order chi connectivity index (χ0) is 11.3. The summed E-state index contributed by atoms with van der Waals surface area (Å²) < 4.78 is 0.916. The van der Waals surface area contributed by atoms with Gasteiger partial charge in [-0.1, -0.05) is 35.1 Å². The number of hydrogen-bond acceptors (Lipinski definition) is 3. The number of halogens is 1. The Kier molecular flexibility index (Phi) is 4.91. The Morgan fingerprint density at radius 2 is 2.33 bits per heavy atom. The van der Waals surface area contributed by atoms with Crippen molar-refractivity contribution in [3.05, 3.63) is 28.2 Å². The van der Waals surface area contributed by atoms with E-state index in [0.29, 0.717) is 12.1 Å². The van der Waals surface area contributed by atoms with Gasteiger partial charge in [-0.3, -0.25) is 4.99 Å². The third-order valence-electron chi connectivity index (χ3n) is 1.88. The SMILES string of the molecule is CCC(=S)CN=Cc1cc(Br)ccc1O. The van der Waals surface area contributed by atoms with E-state index >= 15 is 0 Å². The Morgan fingerprint density at radius 3 is 3.00 bits per heavy atom. The van der Waals surface area contributed by atoms with Crippen LogP contribution in [0.25, 0.3) is 0 Å². The molecule has 0 unspecified atom stereocenters. The largest absolute Gasteiger partial charge is 0.507 e. The zero-order valence-corrected chi connectivity index (χ0v) is 10.8. The quantitative estimate of drug-likeness (QED) is 0.680. The van der Waals surface area contributed by atoms with E-state index in [1.807, 2.05) is 13.0 Å². The highest BCUT2D eigenvalue weighted by Gasteiger charge is 1.98. The fourth-order valence-electron chi connectivity index (χ4n) is 0.986. The second kappa shape index (κ2) is 5.98. The molecule has 0 bridgehead atoms. The molecule has 0 heterocycles. The van der Waals surface area contributed by atoms with Crippen LogP contribution in [0.5, 0.6) is 5.75 Å². The van der Waals surface area contributed by atoms with Crippen LogP contribution in [0.3, 0.4) is 0 Å². The molecule has 0 saturated carbocycles. The fourth-order valence-corrected chi connectivity index (χ4v) is 1.44. The molecular formula is C11H12BrNOS. The highest BCUT2D eigenvalue weighted by molar-refractivity contribution is 9.10. The maximum Gasteiger partial charge on any atom is 0.124 e. The van der Waals surface area contributed by atoms with Gasteiger partial charge in [0.15, 0.2) is 0 Å². The minimum absolute atomic E-state index is 0.226. The molecule has 0 spiro atoms. The van der Waals surface area contributed by atoms with E-state index in [9.17, 15) is 5.11 Å². The number of phenols is 1. The molecule has 0 aliphatic heterocycles. The lowest BCUT2D eigenvalue weighted by atomic mass is 10.2. The number of thiocarbonyl (C=S) groups is 1. The van der Waals surface area contributed by atoms with Crippen molar-refractivity contribution in [1.82, 2.24) is 0 Å². The van der Waals surface area contributed by atoms with Gasteiger partial charge in [0.25, 0.3) is 0 Å². The minimum atomic E-state index is 0.226. The first-order valence-electron chi connectivity index (χ1n) is 4.63. The highest BCUT2D eigenvalue weighted by Crippen LogP contribution is 2.19. The van der Waals surface area contributed by atoms with Gasteiger partial charge in [0.2, 0.25) is 0 Å². The molecule has 0 aliphatic rings. The Balaban J connectivity index is 2.71. The molecule has 1 aromatic rings. The van der Waals surface area contributed by atoms with Crippen molar-refractivity contribution < 1.29 is 5.11 Å². The molecule has 2 nitrogen and oxygen atoms in total. The van der Waals surface area contributed by atoms with Crippen LogP contribution in [-0.4, -0.2) is 22.7 Å². The summed E-state index contributed by atoms with van der Waals surface area (Å²) in [6.07, 6.45) is 2.50. The average Bonchev–Trinajstić information content (AvgIpc) is 2.23. The second-order valence-electron chi connectivity index (χ2n) is 3.07. The molecule has 4 heteroatoms. The third kappa shape index (κ3) is 4.10. The van der Waals surface area contributed by atoms with Crippen molar-refractivity contribution in [3.63, 3.8) is 0 Å². The fraction of sp³-hybridized carbons (Fsp3) is 0.273. The Morgan fingerprint density at radius 1 is 1.60 bits per heavy atom. The number of benzene rings is 1. The predicted molar refractivity (Wildman–Crippen MR) is 71.2 cm³/mol. The summed E-state index contributed by atoms with van der Waals surface area (Å²) in [6.45, 7) is 2.55. The molecule has 0 saturated heterocycles. The van der Waals surface area contributed by atoms with E-state index < -0.39 is 0 Å². The average molecular weight is 286 g/mol. The molecule has 0 amide bonds. The molecule has 0 fully saturated rings. The molecule has 1 N–H and O–H groups in total.